The van der Waals surface area contributed by atoms with Crippen molar-refractivity contribution < 1.29 is 0 Å². The van der Waals surface area contributed by atoms with Gasteiger partial charge in [0.05, 0.1) is 0 Å². The molecule has 2 rings (SSSR count). The third-order valence-electron chi connectivity index (χ3n) is 3.15. The molecule has 14 heavy (non-hydrogen) atoms. The molecule has 0 N–H and O–H groups in total. The zero-order chi connectivity index (χ0) is 10.6. The maximum Gasteiger partial charge on any atom is -0.0139 e. The third kappa shape index (κ3) is 4.13. The van der Waals surface area contributed by atoms with E-state index in [4.69, 9.17) is 0 Å². The van der Waals surface area contributed by atoms with Crippen molar-refractivity contribution in [2.45, 2.75) is 53.4 Å². The number of rotatable bonds is 0. The second-order valence-electron chi connectivity index (χ2n) is 5.19. The quantitative estimate of drug-likeness (QED) is 0.487. The molecule has 2 aliphatic rings. The van der Waals surface area contributed by atoms with Crippen LogP contribution in [0, 0.1) is 11.8 Å². The van der Waals surface area contributed by atoms with Crippen molar-refractivity contribution in [1.82, 2.24) is 0 Å². The minimum Gasteiger partial charge on any atom is -0.0812 e. The molecule has 1 fully saturated rings. The Morgan fingerprint density at radius 1 is 0.857 bits per heavy atom. The molecule has 0 heterocycles. The summed E-state index contributed by atoms with van der Waals surface area (Å²) in [5.41, 5.74) is 3.02. The average Bonchev–Trinajstić information content (AvgIpc) is 2.09. The van der Waals surface area contributed by atoms with Gasteiger partial charge in [-0.15, -0.1) is 0 Å². The fourth-order valence-corrected chi connectivity index (χ4v) is 2.14. The van der Waals surface area contributed by atoms with Gasteiger partial charge in [-0.3, -0.25) is 0 Å². The molecule has 0 amide bonds. The van der Waals surface area contributed by atoms with Crippen LogP contribution in [0.5, 0.6) is 0 Å². The Balaban J connectivity index is 0.000000146. The fourth-order valence-electron chi connectivity index (χ4n) is 2.14. The van der Waals surface area contributed by atoms with E-state index in [1.807, 2.05) is 0 Å². The van der Waals surface area contributed by atoms with Crippen LogP contribution in [0.3, 0.4) is 0 Å². The Hall–Kier alpha value is -0.520. The largest absolute Gasteiger partial charge is 0.0812 e. The van der Waals surface area contributed by atoms with Crippen molar-refractivity contribution in [1.29, 1.82) is 0 Å². The number of hydrogen-bond acceptors (Lipinski definition) is 0. The van der Waals surface area contributed by atoms with E-state index in [0.717, 1.165) is 11.8 Å². The van der Waals surface area contributed by atoms with Gasteiger partial charge in [0.2, 0.25) is 0 Å². The molecule has 0 atom stereocenters. The number of hydrogen-bond donors (Lipinski definition) is 0. The Morgan fingerprint density at radius 2 is 1.21 bits per heavy atom. The molecule has 0 heteroatoms. The van der Waals surface area contributed by atoms with Gasteiger partial charge in [-0.1, -0.05) is 37.1 Å². The van der Waals surface area contributed by atoms with Crippen molar-refractivity contribution in [2.75, 3.05) is 0 Å². The second kappa shape index (κ2) is 5.38. The third-order valence-corrected chi connectivity index (χ3v) is 3.15. The summed E-state index contributed by atoms with van der Waals surface area (Å²) >= 11 is 0. The van der Waals surface area contributed by atoms with Crippen LogP contribution in [-0.2, 0) is 0 Å². The minimum absolute atomic E-state index is 1.04. The molecule has 0 aromatic carbocycles. The maximum atomic E-state index is 2.32. The predicted octanol–water partition coefficient (Wildman–Crippen LogP) is 4.73. The predicted molar refractivity (Wildman–Crippen MR) is 64.3 cm³/mol. The van der Waals surface area contributed by atoms with Gasteiger partial charge in [-0.05, 0) is 51.4 Å². The van der Waals surface area contributed by atoms with Crippen LogP contribution in [0.1, 0.15) is 53.4 Å². The van der Waals surface area contributed by atoms with Gasteiger partial charge in [0, 0.05) is 0 Å². The van der Waals surface area contributed by atoms with Gasteiger partial charge in [-0.25, -0.2) is 0 Å². The van der Waals surface area contributed by atoms with Crippen molar-refractivity contribution >= 4 is 0 Å². The highest BCUT2D eigenvalue weighted by molar-refractivity contribution is 5.18. The van der Waals surface area contributed by atoms with Crippen molar-refractivity contribution in [2.24, 2.45) is 11.8 Å². The van der Waals surface area contributed by atoms with Crippen molar-refractivity contribution in [3.05, 3.63) is 23.3 Å². The van der Waals surface area contributed by atoms with Crippen LogP contribution >= 0.6 is 0 Å². The average molecular weight is 192 g/mol. The highest BCUT2D eigenvalue weighted by Gasteiger charge is 2.19. The molecule has 0 aliphatic heterocycles. The van der Waals surface area contributed by atoms with Gasteiger partial charge in [0.15, 0.2) is 0 Å². The summed E-state index contributed by atoms with van der Waals surface area (Å²) in [6.07, 6.45) is 9.89. The lowest BCUT2D eigenvalue weighted by Gasteiger charge is -2.28. The van der Waals surface area contributed by atoms with Gasteiger partial charge >= 0.3 is 0 Å². The molecule has 0 spiro atoms. The summed E-state index contributed by atoms with van der Waals surface area (Å²) in [6.45, 7) is 9.01. The molecular weight excluding hydrogens is 168 g/mol. The molecule has 0 radical (unpaired) electrons. The van der Waals surface area contributed by atoms with E-state index in [1.165, 1.54) is 36.8 Å². The molecule has 0 saturated heterocycles. The van der Waals surface area contributed by atoms with E-state index < -0.39 is 0 Å². The van der Waals surface area contributed by atoms with E-state index in [-0.39, 0.29) is 0 Å². The van der Waals surface area contributed by atoms with Crippen LogP contribution in [0.2, 0.25) is 0 Å². The van der Waals surface area contributed by atoms with Crippen molar-refractivity contribution in [3.63, 3.8) is 0 Å². The van der Waals surface area contributed by atoms with Crippen LogP contribution in [-0.4, -0.2) is 0 Å². The molecule has 0 unspecified atom stereocenters. The summed E-state index contributed by atoms with van der Waals surface area (Å²) in [5.74, 6) is 2.08. The normalized spacial score (nSPS) is 30.6. The first-order chi connectivity index (χ1) is 6.58. The smallest absolute Gasteiger partial charge is 0.0139 e. The topological polar surface area (TPSA) is 0 Å². The molecule has 2 aliphatic carbocycles. The van der Waals surface area contributed by atoms with E-state index in [1.54, 1.807) is 0 Å². The lowest BCUT2D eigenvalue weighted by atomic mass is 9.78. The van der Waals surface area contributed by atoms with Crippen LogP contribution in [0.4, 0.5) is 0 Å². The SMILES string of the molecule is CC1=CCC(C)=CC1.CC1CC(C)C1. The number of allylic oxidation sites excluding steroid dienone is 4. The Morgan fingerprint density at radius 3 is 1.36 bits per heavy atom. The Bertz CT molecular complexity index is 202. The first kappa shape index (κ1) is 11.6. The molecule has 0 nitrogen and oxygen atoms in total. The van der Waals surface area contributed by atoms with E-state index in [0.29, 0.717) is 0 Å². The van der Waals surface area contributed by atoms with E-state index in [9.17, 15) is 0 Å². The molecule has 1 saturated carbocycles. The summed E-state index contributed by atoms with van der Waals surface area (Å²) in [6, 6.07) is 0. The Labute approximate surface area is 89.1 Å². The van der Waals surface area contributed by atoms with Gasteiger partial charge < -0.3 is 0 Å². The molecular formula is C14H24. The molecule has 0 bridgehead atoms. The molecule has 80 valence electrons. The van der Waals surface area contributed by atoms with Crippen LogP contribution in [0.25, 0.3) is 0 Å². The van der Waals surface area contributed by atoms with Crippen LogP contribution < -0.4 is 0 Å². The summed E-state index contributed by atoms with van der Waals surface area (Å²) in [4.78, 5) is 0. The van der Waals surface area contributed by atoms with Gasteiger partial charge in [0.1, 0.15) is 0 Å². The monoisotopic (exact) mass is 192 g/mol. The van der Waals surface area contributed by atoms with Crippen molar-refractivity contribution in [3.8, 4) is 0 Å². The molecule has 0 aromatic heterocycles. The maximum absolute atomic E-state index is 2.32. The zero-order valence-electron chi connectivity index (χ0n) is 10.1. The van der Waals surface area contributed by atoms with E-state index >= 15 is 0 Å². The highest BCUT2D eigenvalue weighted by Crippen LogP contribution is 2.31. The Kier molecular flexibility index (Phi) is 4.44. The van der Waals surface area contributed by atoms with Gasteiger partial charge in [-0.2, -0.15) is 0 Å². The lowest BCUT2D eigenvalue weighted by Crippen LogP contribution is -2.16. The zero-order valence-corrected chi connectivity index (χ0v) is 10.1. The summed E-state index contributed by atoms with van der Waals surface area (Å²) in [5, 5.41) is 0. The standard InChI is InChI=1S/C8H12.C6H12/c1-7-3-5-8(2)6-4-7;1-5-3-6(2)4-5/h3,6H,4-5H2,1-2H3;5-6H,3-4H2,1-2H3. The first-order valence-electron chi connectivity index (χ1n) is 5.89. The highest BCUT2D eigenvalue weighted by atomic mass is 14.2. The fraction of sp³-hybridized carbons (Fsp3) is 0.714. The molecule has 0 aromatic rings. The summed E-state index contributed by atoms with van der Waals surface area (Å²) < 4.78 is 0. The van der Waals surface area contributed by atoms with Gasteiger partial charge in [0.25, 0.3) is 0 Å². The van der Waals surface area contributed by atoms with E-state index in [2.05, 4.69) is 39.8 Å². The lowest BCUT2D eigenvalue weighted by molar-refractivity contribution is 0.233. The van der Waals surface area contributed by atoms with Crippen LogP contribution in [0.15, 0.2) is 23.3 Å². The summed E-state index contributed by atoms with van der Waals surface area (Å²) in [7, 11) is 0. The minimum atomic E-state index is 1.04. The first-order valence-corrected chi connectivity index (χ1v) is 5.89. The second-order valence-corrected chi connectivity index (χ2v) is 5.19.